The Morgan fingerprint density at radius 2 is 1.61 bits per heavy atom. The Balaban J connectivity index is 1.55. The first-order valence-corrected chi connectivity index (χ1v) is 10.7. The van der Waals surface area contributed by atoms with Crippen LogP contribution < -0.4 is 0 Å². The minimum Gasteiger partial charge on any atom is -0.343 e. The third kappa shape index (κ3) is 4.68. The largest absolute Gasteiger partial charge is 0.343 e. The molecule has 6 heteroatoms. The number of hydrogen-bond donors (Lipinski definition) is 0. The summed E-state index contributed by atoms with van der Waals surface area (Å²) in [4.78, 5) is 28.3. The summed E-state index contributed by atoms with van der Waals surface area (Å²) in [5.74, 6) is 0.180. The summed E-state index contributed by atoms with van der Waals surface area (Å²) in [5, 5.41) is 4.84. The Labute approximate surface area is 183 Å². The van der Waals surface area contributed by atoms with Crippen molar-refractivity contribution in [1.29, 1.82) is 0 Å². The smallest absolute Gasteiger partial charge is 0.225 e. The molecule has 2 aromatic carbocycles. The van der Waals surface area contributed by atoms with Crippen molar-refractivity contribution < 1.29 is 9.59 Å². The van der Waals surface area contributed by atoms with Crippen LogP contribution in [0.15, 0.2) is 66.9 Å². The predicted molar refractivity (Wildman–Crippen MR) is 120 cm³/mol. The maximum atomic E-state index is 13.1. The number of rotatable bonds is 5. The lowest BCUT2D eigenvalue weighted by Crippen LogP contribution is -2.42. The van der Waals surface area contributed by atoms with Crippen LogP contribution in [0.1, 0.15) is 25.3 Å². The van der Waals surface area contributed by atoms with Crippen molar-refractivity contribution in [3.05, 3.63) is 72.4 Å². The summed E-state index contributed by atoms with van der Waals surface area (Å²) in [6, 6.07) is 20.1. The molecule has 0 unspecified atom stereocenters. The molecule has 160 valence electrons. The molecule has 0 bridgehead atoms. The third-order valence-electron chi connectivity index (χ3n) is 5.93. The van der Waals surface area contributed by atoms with E-state index in [0.29, 0.717) is 19.6 Å². The third-order valence-corrected chi connectivity index (χ3v) is 5.93. The SMILES string of the molecule is CC(=O)N1CCC(C(=O)N(C)Cc2cn(-c3ccccc3)nc2-c2ccccc2)CC1. The number of nitrogens with zero attached hydrogens (tertiary/aromatic N) is 4. The van der Waals surface area contributed by atoms with Gasteiger partial charge in [0.05, 0.1) is 11.4 Å². The minimum atomic E-state index is -0.0371. The number of hydrogen-bond acceptors (Lipinski definition) is 3. The number of carbonyl (C=O) groups excluding carboxylic acids is 2. The number of benzene rings is 2. The van der Waals surface area contributed by atoms with Gasteiger partial charge >= 0.3 is 0 Å². The quantitative estimate of drug-likeness (QED) is 0.636. The van der Waals surface area contributed by atoms with Crippen LogP contribution in [0.4, 0.5) is 0 Å². The number of piperidine rings is 1. The summed E-state index contributed by atoms with van der Waals surface area (Å²) < 4.78 is 1.88. The Morgan fingerprint density at radius 3 is 2.23 bits per heavy atom. The average molecular weight is 417 g/mol. The van der Waals surface area contributed by atoms with E-state index in [0.717, 1.165) is 35.3 Å². The molecule has 0 atom stereocenters. The maximum absolute atomic E-state index is 13.1. The van der Waals surface area contributed by atoms with Crippen molar-refractivity contribution in [2.75, 3.05) is 20.1 Å². The molecule has 2 amide bonds. The predicted octanol–water partition coefficient (Wildman–Crippen LogP) is 3.76. The lowest BCUT2D eigenvalue weighted by molar-refractivity contribution is -0.139. The van der Waals surface area contributed by atoms with Crippen molar-refractivity contribution in [1.82, 2.24) is 19.6 Å². The molecule has 6 nitrogen and oxygen atoms in total. The van der Waals surface area contributed by atoms with Crippen molar-refractivity contribution in [2.45, 2.75) is 26.3 Å². The monoisotopic (exact) mass is 416 g/mol. The van der Waals surface area contributed by atoms with Crippen LogP contribution in [0.25, 0.3) is 16.9 Å². The minimum absolute atomic E-state index is 0.0371. The van der Waals surface area contributed by atoms with E-state index >= 15 is 0 Å². The molecule has 3 aromatic rings. The zero-order valence-corrected chi connectivity index (χ0v) is 18.1. The van der Waals surface area contributed by atoms with Crippen LogP contribution >= 0.6 is 0 Å². The molecule has 2 heterocycles. The summed E-state index contributed by atoms with van der Waals surface area (Å²) >= 11 is 0. The van der Waals surface area contributed by atoms with Crippen LogP contribution in [0.2, 0.25) is 0 Å². The molecule has 0 radical (unpaired) electrons. The number of amides is 2. The zero-order chi connectivity index (χ0) is 21.8. The van der Waals surface area contributed by atoms with Gasteiger partial charge in [-0.15, -0.1) is 0 Å². The van der Waals surface area contributed by atoms with Gasteiger partial charge in [0, 0.05) is 56.8 Å². The standard InChI is InChI=1S/C25H28N4O2/c1-19(30)28-15-13-21(14-16-28)25(31)27(2)17-22-18-29(23-11-7-4-8-12-23)26-24(22)20-9-5-3-6-10-20/h3-12,18,21H,13-17H2,1-2H3. The van der Waals surface area contributed by atoms with Gasteiger partial charge in [-0.3, -0.25) is 9.59 Å². The highest BCUT2D eigenvalue weighted by Crippen LogP contribution is 2.26. The fraction of sp³-hybridized carbons (Fsp3) is 0.320. The van der Waals surface area contributed by atoms with Crippen molar-refractivity contribution in [3.8, 4) is 16.9 Å². The van der Waals surface area contributed by atoms with Crippen LogP contribution in [0, 0.1) is 5.92 Å². The van der Waals surface area contributed by atoms with E-state index in [2.05, 4.69) is 0 Å². The van der Waals surface area contributed by atoms with E-state index in [9.17, 15) is 9.59 Å². The lowest BCUT2D eigenvalue weighted by atomic mass is 9.95. The van der Waals surface area contributed by atoms with Gasteiger partial charge in [-0.2, -0.15) is 5.10 Å². The van der Waals surface area contributed by atoms with E-state index in [1.807, 2.05) is 83.5 Å². The van der Waals surface area contributed by atoms with Gasteiger partial charge in [-0.25, -0.2) is 4.68 Å². The number of carbonyl (C=O) groups is 2. The first-order chi connectivity index (χ1) is 15.0. The second-order valence-electron chi connectivity index (χ2n) is 8.12. The Bertz CT molecular complexity index is 1040. The maximum Gasteiger partial charge on any atom is 0.225 e. The highest BCUT2D eigenvalue weighted by Gasteiger charge is 2.28. The Kier molecular flexibility index (Phi) is 6.16. The molecular weight excluding hydrogens is 388 g/mol. The molecule has 0 aliphatic carbocycles. The molecule has 1 aromatic heterocycles. The normalized spacial score (nSPS) is 14.5. The van der Waals surface area contributed by atoms with Crippen LogP contribution in [0.5, 0.6) is 0 Å². The highest BCUT2D eigenvalue weighted by molar-refractivity contribution is 5.80. The molecule has 0 spiro atoms. The van der Waals surface area contributed by atoms with Crippen molar-refractivity contribution >= 4 is 11.8 Å². The van der Waals surface area contributed by atoms with E-state index in [1.54, 1.807) is 11.8 Å². The fourth-order valence-corrected chi connectivity index (χ4v) is 4.16. The summed E-state index contributed by atoms with van der Waals surface area (Å²) in [7, 11) is 1.86. The van der Waals surface area contributed by atoms with Gasteiger partial charge in [-0.1, -0.05) is 48.5 Å². The zero-order valence-electron chi connectivity index (χ0n) is 18.1. The first kappa shape index (κ1) is 20.8. The van der Waals surface area contributed by atoms with Crippen LogP contribution in [0.3, 0.4) is 0 Å². The molecular formula is C25H28N4O2. The molecule has 1 aliphatic rings. The summed E-state index contributed by atoms with van der Waals surface area (Å²) in [6.07, 6.45) is 3.45. The topological polar surface area (TPSA) is 58.4 Å². The molecule has 1 aliphatic heterocycles. The first-order valence-electron chi connectivity index (χ1n) is 10.7. The average Bonchev–Trinajstić information content (AvgIpc) is 3.23. The van der Waals surface area contributed by atoms with Crippen LogP contribution in [-0.4, -0.2) is 51.5 Å². The number of aromatic nitrogens is 2. The molecule has 31 heavy (non-hydrogen) atoms. The summed E-state index contributed by atoms with van der Waals surface area (Å²) in [6.45, 7) is 3.38. The number of para-hydroxylation sites is 1. The second-order valence-corrected chi connectivity index (χ2v) is 8.12. The molecule has 0 saturated carbocycles. The Hall–Kier alpha value is -3.41. The van der Waals surface area contributed by atoms with Crippen molar-refractivity contribution in [3.63, 3.8) is 0 Å². The van der Waals surface area contributed by atoms with E-state index in [4.69, 9.17) is 5.10 Å². The number of likely N-dealkylation sites (tertiary alicyclic amines) is 1. The Morgan fingerprint density at radius 1 is 1.00 bits per heavy atom. The van der Waals surface area contributed by atoms with Crippen molar-refractivity contribution in [2.24, 2.45) is 5.92 Å². The van der Waals surface area contributed by atoms with E-state index in [1.165, 1.54) is 0 Å². The highest BCUT2D eigenvalue weighted by atomic mass is 16.2. The van der Waals surface area contributed by atoms with Gasteiger partial charge in [-0.05, 0) is 25.0 Å². The summed E-state index contributed by atoms with van der Waals surface area (Å²) in [5.41, 5.74) is 3.90. The van der Waals surface area contributed by atoms with E-state index in [-0.39, 0.29) is 17.7 Å². The van der Waals surface area contributed by atoms with E-state index < -0.39 is 0 Å². The van der Waals surface area contributed by atoms with Gasteiger partial charge < -0.3 is 9.80 Å². The lowest BCUT2D eigenvalue weighted by Gasteiger charge is -2.32. The van der Waals surface area contributed by atoms with Gasteiger partial charge in [0.2, 0.25) is 11.8 Å². The van der Waals surface area contributed by atoms with Gasteiger partial charge in [0.15, 0.2) is 0 Å². The van der Waals surface area contributed by atoms with Gasteiger partial charge in [0.25, 0.3) is 0 Å². The molecule has 1 fully saturated rings. The van der Waals surface area contributed by atoms with Crippen LogP contribution in [-0.2, 0) is 16.1 Å². The molecule has 1 saturated heterocycles. The second kappa shape index (κ2) is 9.16. The molecule has 4 rings (SSSR count). The molecule has 0 N–H and O–H groups in total. The van der Waals surface area contributed by atoms with Gasteiger partial charge in [0.1, 0.15) is 0 Å². The fourth-order valence-electron chi connectivity index (χ4n) is 4.16.